The molecule has 0 N–H and O–H groups in total. The Bertz CT molecular complexity index is 1230. The van der Waals surface area contributed by atoms with Gasteiger partial charge in [-0.2, -0.15) is 0 Å². The first-order valence-corrected chi connectivity index (χ1v) is 9.57. The average molecular weight is 391 g/mol. The second-order valence-electron chi connectivity index (χ2n) is 6.43. The Morgan fingerprint density at radius 3 is 2.68 bits per heavy atom. The fourth-order valence-corrected chi connectivity index (χ4v) is 3.64. The van der Waals surface area contributed by atoms with Crippen molar-refractivity contribution in [2.24, 2.45) is 0 Å². The summed E-state index contributed by atoms with van der Waals surface area (Å²) in [5.41, 5.74) is 3.87. The summed E-state index contributed by atoms with van der Waals surface area (Å²) in [6.45, 7) is 3.77. The lowest BCUT2D eigenvalue weighted by Crippen LogP contribution is -2.18. The molecule has 0 bridgehead atoms. The number of benzene rings is 1. The summed E-state index contributed by atoms with van der Waals surface area (Å²) in [6.07, 6.45) is 0. The van der Waals surface area contributed by atoms with Gasteiger partial charge in [-0.25, -0.2) is 14.8 Å². The number of fused-ring (bicyclic) bond motifs is 1. The van der Waals surface area contributed by atoms with Crippen molar-refractivity contribution in [3.8, 4) is 10.6 Å². The zero-order chi connectivity index (χ0) is 19.7. The van der Waals surface area contributed by atoms with Crippen LogP contribution in [0.2, 0.25) is 0 Å². The molecule has 0 unspecified atom stereocenters. The van der Waals surface area contributed by atoms with E-state index in [1.54, 1.807) is 11.4 Å². The number of ether oxygens (including phenoxy) is 1. The summed E-state index contributed by atoms with van der Waals surface area (Å²) in [5, 5.41) is 2.42. The van der Waals surface area contributed by atoms with Crippen molar-refractivity contribution in [1.29, 1.82) is 0 Å². The lowest BCUT2D eigenvalue weighted by atomic mass is 10.2. The Labute approximate surface area is 165 Å². The van der Waals surface area contributed by atoms with E-state index in [2.05, 4.69) is 9.97 Å². The minimum absolute atomic E-state index is 0.0874. The van der Waals surface area contributed by atoms with E-state index in [-0.39, 0.29) is 17.9 Å². The molecule has 6 nitrogen and oxygen atoms in total. The van der Waals surface area contributed by atoms with Crippen LogP contribution in [0.3, 0.4) is 0 Å². The van der Waals surface area contributed by atoms with Gasteiger partial charge in [-0.3, -0.25) is 9.20 Å². The highest BCUT2D eigenvalue weighted by Crippen LogP contribution is 2.24. The molecule has 0 aliphatic carbocycles. The van der Waals surface area contributed by atoms with Crippen LogP contribution < -0.4 is 5.56 Å². The first kappa shape index (κ1) is 18.1. The van der Waals surface area contributed by atoms with E-state index in [0.29, 0.717) is 11.3 Å². The predicted octanol–water partition coefficient (Wildman–Crippen LogP) is 3.79. The van der Waals surface area contributed by atoms with E-state index in [4.69, 9.17) is 4.74 Å². The molecule has 28 heavy (non-hydrogen) atoms. The van der Waals surface area contributed by atoms with Crippen LogP contribution in [0.1, 0.15) is 27.4 Å². The first-order valence-electron chi connectivity index (χ1n) is 8.69. The van der Waals surface area contributed by atoms with Gasteiger partial charge < -0.3 is 4.74 Å². The highest BCUT2D eigenvalue weighted by Gasteiger charge is 2.14. The van der Waals surface area contributed by atoms with Crippen LogP contribution in [0.15, 0.2) is 58.7 Å². The third kappa shape index (κ3) is 3.57. The standard InChI is InChI=1S/C21H17N3O3S/c1-13-6-8-15(9-7-13)20-23-17(12-28-20)21(26)27-11-16-10-19(25)24-14(2)4-3-5-18(24)22-16/h3-10,12H,11H2,1-2H3. The smallest absolute Gasteiger partial charge is 0.358 e. The van der Waals surface area contributed by atoms with E-state index in [0.717, 1.165) is 21.8 Å². The van der Waals surface area contributed by atoms with Crippen LogP contribution in [0.4, 0.5) is 0 Å². The molecule has 0 fully saturated rings. The van der Waals surface area contributed by atoms with Crippen LogP contribution in [0, 0.1) is 13.8 Å². The van der Waals surface area contributed by atoms with Crippen LogP contribution in [0.25, 0.3) is 16.2 Å². The number of carbonyl (C=O) groups is 1. The van der Waals surface area contributed by atoms with Crippen LogP contribution in [0.5, 0.6) is 0 Å². The molecule has 3 aromatic heterocycles. The maximum Gasteiger partial charge on any atom is 0.358 e. The predicted molar refractivity (Wildman–Crippen MR) is 108 cm³/mol. The van der Waals surface area contributed by atoms with Gasteiger partial charge in [0, 0.05) is 22.7 Å². The molecule has 0 aliphatic heterocycles. The number of pyridine rings is 1. The number of hydrogen-bond acceptors (Lipinski definition) is 6. The van der Waals surface area contributed by atoms with Gasteiger partial charge in [0.1, 0.15) is 17.3 Å². The second kappa shape index (κ2) is 7.36. The lowest BCUT2D eigenvalue weighted by molar-refractivity contribution is 0.0462. The summed E-state index contributed by atoms with van der Waals surface area (Å²) in [4.78, 5) is 33.4. The lowest BCUT2D eigenvalue weighted by Gasteiger charge is -2.07. The molecule has 0 radical (unpaired) electrons. The monoisotopic (exact) mass is 391 g/mol. The van der Waals surface area contributed by atoms with Crippen LogP contribution in [-0.4, -0.2) is 20.3 Å². The molecule has 3 heterocycles. The van der Waals surface area contributed by atoms with Crippen LogP contribution in [-0.2, 0) is 11.3 Å². The zero-order valence-corrected chi connectivity index (χ0v) is 16.2. The second-order valence-corrected chi connectivity index (χ2v) is 7.28. The molecule has 4 aromatic rings. The summed E-state index contributed by atoms with van der Waals surface area (Å²) in [7, 11) is 0. The van der Waals surface area contributed by atoms with Crippen molar-refractivity contribution >= 4 is 23.0 Å². The molecule has 0 atom stereocenters. The van der Waals surface area contributed by atoms with Gasteiger partial charge >= 0.3 is 5.97 Å². The first-order chi connectivity index (χ1) is 13.5. The van der Waals surface area contributed by atoms with Crippen LogP contribution >= 0.6 is 11.3 Å². The molecule has 4 rings (SSSR count). The van der Waals surface area contributed by atoms with Crippen molar-refractivity contribution in [3.05, 3.63) is 86.9 Å². The molecule has 0 aliphatic rings. The number of hydrogen-bond donors (Lipinski definition) is 0. The largest absolute Gasteiger partial charge is 0.454 e. The number of aromatic nitrogens is 3. The van der Waals surface area contributed by atoms with Crippen molar-refractivity contribution in [1.82, 2.24) is 14.4 Å². The molecule has 140 valence electrons. The van der Waals surface area contributed by atoms with E-state index in [1.807, 2.05) is 50.2 Å². The van der Waals surface area contributed by atoms with Gasteiger partial charge in [0.2, 0.25) is 0 Å². The number of esters is 1. The van der Waals surface area contributed by atoms with Gasteiger partial charge in [-0.05, 0) is 26.0 Å². The Morgan fingerprint density at radius 1 is 1.11 bits per heavy atom. The Hall–Kier alpha value is -3.32. The molecule has 0 amide bonds. The summed E-state index contributed by atoms with van der Waals surface area (Å²) in [6, 6.07) is 14.7. The quantitative estimate of drug-likeness (QED) is 0.495. The summed E-state index contributed by atoms with van der Waals surface area (Å²) < 4.78 is 6.82. The normalized spacial score (nSPS) is 10.9. The number of thiazole rings is 1. The highest BCUT2D eigenvalue weighted by molar-refractivity contribution is 7.13. The minimum atomic E-state index is -0.541. The Kier molecular flexibility index (Phi) is 4.75. The van der Waals surface area contributed by atoms with Crippen molar-refractivity contribution < 1.29 is 9.53 Å². The molecule has 0 saturated carbocycles. The summed E-state index contributed by atoms with van der Waals surface area (Å²) in [5.74, 6) is -0.541. The number of carbonyl (C=O) groups excluding carboxylic acids is 1. The topological polar surface area (TPSA) is 73.6 Å². The maximum atomic E-state index is 12.3. The van der Waals surface area contributed by atoms with Gasteiger partial charge in [0.25, 0.3) is 5.56 Å². The van der Waals surface area contributed by atoms with E-state index < -0.39 is 5.97 Å². The van der Waals surface area contributed by atoms with Gasteiger partial charge in [-0.15, -0.1) is 11.3 Å². The third-order valence-corrected chi connectivity index (χ3v) is 5.19. The maximum absolute atomic E-state index is 12.3. The summed E-state index contributed by atoms with van der Waals surface area (Å²) >= 11 is 1.38. The number of rotatable bonds is 4. The van der Waals surface area contributed by atoms with Crippen molar-refractivity contribution in [3.63, 3.8) is 0 Å². The zero-order valence-electron chi connectivity index (χ0n) is 15.4. The van der Waals surface area contributed by atoms with Gasteiger partial charge in [-0.1, -0.05) is 35.9 Å². The highest BCUT2D eigenvalue weighted by atomic mass is 32.1. The van der Waals surface area contributed by atoms with Crippen molar-refractivity contribution in [2.45, 2.75) is 20.5 Å². The number of nitrogens with zero attached hydrogens (tertiary/aromatic N) is 3. The molecular weight excluding hydrogens is 374 g/mol. The fourth-order valence-electron chi connectivity index (χ4n) is 2.85. The average Bonchev–Trinajstić information content (AvgIpc) is 3.17. The third-order valence-electron chi connectivity index (χ3n) is 4.30. The van der Waals surface area contributed by atoms with Crippen molar-refractivity contribution in [2.75, 3.05) is 0 Å². The Morgan fingerprint density at radius 2 is 1.89 bits per heavy atom. The molecule has 0 saturated heterocycles. The van der Waals surface area contributed by atoms with E-state index in [9.17, 15) is 9.59 Å². The molecular formula is C21H17N3O3S. The fraction of sp³-hybridized carbons (Fsp3) is 0.143. The molecule has 0 spiro atoms. The van der Waals surface area contributed by atoms with E-state index in [1.165, 1.54) is 21.8 Å². The van der Waals surface area contributed by atoms with Gasteiger partial charge in [0.15, 0.2) is 5.69 Å². The SMILES string of the molecule is Cc1ccc(-c2nc(C(=O)OCc3cc(=O)n4c(C)cccc4n3)cs2)cc1. The molecule has 7 heteroatoms. The van der Waals surface area contributed by atoms with E-state index >= 15 is 0 Å². The van der Waals surface area contributed by atoms with Gasteiger partial charge in [0.05, 0.1) is 5.69 Å². The number of aryl methyl sites for hydroxylation is 2. The molecule has 1 aromatic carbocycles. The minimum Gasteiger partial charge on any atom is -0.454 e. The Balaban J connectivity index is 1.50.